The zero-order valence-corrected chi connectivity index (χ0v) is 10.7. The van der Waals surface area contributed by atoms with Crippen molar-refractivity contribution in [2.24, 2.45) is 0 Å². The second-order valence-corrected chi connectivity index (χ2v) is 4.42. The molecule has 0 aromatic heterocycles. The van der Waals surface area contributed by atoms with Gasteiger partial charge < -0.3 is 5.11 Å². The molecule has 1 rings (SSSR count). The van der Waals surface area contributed by atoms with Crippen LogP contribution in [0.1, 0.15) is 11.1 Å². The Hall–Kier alpha value is -0.870. The molecule has 0 aliphatic carbocycles. The highest BCUT2D eigenvalue weighted by atomic mass is 79.9. The first kappa shape index (κ1) is 13.2. The number of aliphatic carboxylic acids is 1. The predicted molar refractivity (Wildman–Crippen MR) is 64.9 cm³/mol. The first-order valence-electron chi connectivity index (χ1n) is 4.60. The maximum atomic E-state index is 11.3. The third-order valence-corrected chi connectivity index (χ3v) is 3.12. The largest absolute Gasteiger partial charge is 0.481 e. The van der Waals surface area contributed by atoms with E-state index in [0.717, 1.165) is 4.47 Å². The zero-order valence-electron chi connectivity index (χ0n) is 8.37. The van der Waals surface area contributed by atoms with E-state index in [2.05, 4.69) is 15.9 Å². The van der Waals surface area contributed by atoms with Crippen LogP contribution in [0, 0.1) is 0 Å². The Labute approximate surface area is 107 Å². The van der Waals surface area contributed by atoms with Crippen LogP contribution < -0.4 is 0 Å². The molecule has 0 amide bonds. The average Bonchev–Trinajstić information content (AvgIpc) is 2.22. The van der Waals surface area contributed by atoms with E-state index in [1.165, 1.54) is 0 Å². The molecule has 0 atom stereocenters. The Morgan fingerprint density at radius 3 is 2.56 bits per heavy atom. The van der Waals surface area contributed by atoms with Crippen LogP contribution in [0.15, 0.2) is 22.7 Å². The van der Waals surface area contributed by atoms with Gasteiger partial charge in [0, 0.05) is 10.9 Å². The third-order valence-electron chi connectivity index (χ3n) is 2.08. The number of hydrogen-bond donors (Lipinski definition) is 1. The smallest absolute Gasteiger partial charge is 0.307 e. The number of rotatable bonds is 5. The molecule has 0 spiro atoms. The summed E-state index contributed by atoms with van der Waals surface area (Å²) < 4.78 is 0.740. The quantitative estimate of drug-likeness (QED) is 0.850. The fourth-order valence-corrected chi connectivity index (χ4v) is 2.02. The molecule has 16 heavy (non-hydrogen) atoms. The van der Waals surface area contributed by atoms with Crippen molar-refractivity contribution in [3.63, 3.8) is 0 Å². The van der Waals surface area contributed by atoms with Gasteiger partial charge in [-0.05, 0) is 17.2 Å². The molecule has 0 aliphatic rings. The SMILES string of the molecule is O=C(O)Cc1cccc(Br)c1CC(=O)CCl. The summed E-state index contributed by atoms with van der Waals surface area (Å²) in [5.74, 6) is -1.11. The fourth-order valence-electron chi connectivity index (χ4n) is 1.37. The minimum atomic E-state index is -0.919. The summed E-state index contributed by atoms with van der Waals surface area (Å²) in [5, 5.41) is 8.75. The van der Waals surface area contributed by atoms with Crippen LogP contribution >= 0.6 is 27.5 Å². The molecule has 0 radical (unpaired) electrons. The van der Waals surface area contributed by atoms with Gasteiger partial charge in [-0.2, -0.15) is 0 Å². The van der Waals surface area contributed by atoms with Crippen LogP contribution in [0.25, 0.3) is 0 Å². The zero-order chi connectivity index (χ0) is 12.1. The Morgan fingerprint density at radius 2 is 2.00 bits per heavy atom. The van der Waals surface area contributed by atoms with Gasteiger partial charge in [0.15, 0.2) is 5.78 Å². The number of carboxylic acid groups (broad SMARTS) is 1. The Morgan fingerprint density at radius 1 is 1.31 bits per heavy atom. The van der Waals surface area contributed by atoms with Gasteiger partial charge in [0.2, 0.25) is 0 Å². The highest BCUT2D eigenvalue weighted by Crippen LogP contribution is 2.22. The number of carbonyl (C=O) groups excluding carboxylic acids is 1. The normalized spacial score (nSPS) is 10.1. The predicted octanol–water partition coefficient (Wildman–Crippen LogP) is 2.43. The van der Waals surface area contributed by atoms with Gasteiger partial charge in [0.1, 0.15) is 0 Å². The molecule has 0 heterocycles. The van der Waals surface area contributed by atoms with Crippen LogP contribution in [-0.4, -0.2) is 22.7 Å². The molecule has 3 nitrogen and oxygen atoms in total. The molecule has 1 aromatic rings. The van der Waals surface area contributed by atoms with Gasteiger partial charge in [0.25, 0.3) is 0 Å². The van der Waals surface area contributed by atoms with E-state index in [0.29, 0.717) is 11.1 Å². The highest BCUT2D eigenvalue weighted by Gasteiger charge is 2.12. The summed E-state index contributed by atoms with van der Waals surface area (Å²) in [6.07, 6.45) is 0.0673. The van der Waals surface area contributed by atoms with Gasteiger partial charge in [-0.1, -0.05) is 28.1 Å². The van der Waals surface area contributed by atoms with E-state index in [1.807, 2.05) is 0 Å². The van der Waals surface area contributed by atoms with Crippen LogP contribution in [0.2, 0.25) is 0 Å². The molecule has 0 aliphatic heterocycles. The second kappa shape index (κ2) is 6.01. The van der Waals surface area contributed by atoms with Crippen molar-refractivity contribution in [1.82, 2.24) is 0 Å². The van der Waals surface area contributed by atoms with Gasteiger partial charge in [-0.15, -0.1) is 11.6 Å². The van der Waals surface area contributed by atoms with E-state index in [1.54, 1.807) is 18.2 Å². The summed E-state index contributed by atoms with van der Waals surface area (Å²) in [7, 11) is 0. The number of carboxylic acids is 1. The first-order valence-corrected chi connectivity index (χ1v) is 5.93. The molecular formula is C11H10BrClO3. The van der Waals surface area contributed by atoms with Crippen molar-refractivity contribution in [3.05, 3.63) is 33.8 Å². The van der Waals surface area contributed by atoms with Gasteiger partial charge in [-0.3, -0.25) is 9.59 Å². The summed E-state index contributed by atoms with van der Waals surface area (Å²) in [4.78, 5) is 21.9. The van der Waals surface area contributed by atoms with Gasteiger partial charge in [0.05, 0.1) is 12.3 Å². The summed E-state index contributed by atoms with van der Waals surface area (Å²) >= 11 is 8.74. The lowest BCUT2D eigenvalue weighted by Gasteiger charge is -2.08. The summed E-state index contributed by atoms with van der Waals surface area (Å²) in [5.41, 5.74) is 1.34. The lowest BCUT2D eigenvalue weighted by Crippen LogP contribution is -2.10. The number of Topliss-reactive ketones (excluding diaryl/α,β-unsaturated/α-hetero) is 1. The van der Waals surface area contributed by atoms with E-state index in [-0.39, 0.29) is 24.5 Å². The molecular weight excluding hydrogens is 295 g/mol. The van der Waals surface area contributed by atoms with Crippen LogP contribution in [0.3, 0.4) is 0 Å². The van der Waals surface area contributed by atoms with E-state index in [9.17, 15) is 9.59 Å². The minimum absolute atomic E-state index is 0.0617. The monoisotopic (exact) mass is 304 g/mol. The molecule has 0 unspecified atom stereocenters. The molecule has 0 bridgehead atoms. The van der Waals surface area contributed by atoms with Crippen LogP contribution in [0.4, 0.5) is 0 Å². The Bertz CT molecular complexity index is 418. The van der Waals surface area contributed by atoms with Crippen molar-refractivity contribution in [2.75, 3.05) is 5.88 Å². The highest BCUT2D eigenvalue weighted by molar-refractivity contribution is 9.10. The Kier molecular flexibility index (Phi) is 4.96. The molecule has 5 heteroatoms. The van der Waals surface area contributed by atoms with Crippen molar-refractivity contribution in [3.8, 4) is 0 Å². The number of hydrogen-bond acceptors (Lipinski definition) is 2. The number of carbonyl (C=O) groups is 2. The topological polar surface area (TPSA) is 54.4 Å². The van der Waals surface area contributed by atoms with Crippen molar-refractivity contribution in [2.45, 2.75) is 12.8 Å². The van der Waals surface area contributed by atoms with E-state index < -0.39 is 5.97 Å². The third kappa shape index (κ3) is 3.61. The molecule has 0 saturated carbocycles. The lowest BCUT2D eigenvalue weighted by molar-refractivity contribution is -0.136. The maximum absolute atomic E-state index is 11.3. The number of alkyl halides is 1. The fraction of sp³-hybridized carbons (Fsp3) is 0.273. The lowest BCUT2D eigenvalue weighted by atomic mass is 10.0. The first-order chi connectivity index (χ1) is 7.54. The van der Waals surface area contributed by atoms with Gasteiger partial charge in [-0.25, -0.2) is 0 Å². The molecule has 0 saturated heterocycles. The van der Waals surface area contributed by atoms with E-state index in [4.69, 9.17) is 16.7 Å². The molecule has 1 N–H and O–H groups in total. The second-order valence-electron chi connectivity index (χ2n) is 3.30. The van der Waals surface area contributed by atoms with Gasteiger partial charge >= 0.3 is 5.97 Å². The molecule has 1 aromatic carbocycles. The number of benzene rings is 1. The van der Waals surface area contributed by atoms with Crippen molar-refractivity contribution in [1.29, 1.82) is 0 Å². The van der Waals surface area contributed by atoms with Crippen LogP contribution in [-0.2, 0) is 22.4 Å². The standard InChI is InChI=1S/C11H10BrClO3/c12-10-3-1-2-7(4-11(15)16)9(10)5-8(14)6-13/h1-3H,4-6H2,(H,15,16). The summed E-state index contributed by atoms with van der Waals surface area (Å²) in [6.45, 7) is 0. The van der Waals surface area contributed by atoms with Crippen molar-refractivity contribution >= 4 is 39.3 Å². The summed E-state index contributed by atoms with van der Waals surface area (Å²) in [6, 6.07) is 5.23. The molecule has 0 fully saturated rings. The number of ketones is 1. The Balaban J connectivity index is 3.03. The van der Waals surface area contributed by atoms with Crippen molar-refractivity contribution < 1.29 is 14.7 Å². The number of halogens is 2. The van der Waals surface area contributed by atoms with E-state index >= 15 is 0 Å². The van der Waals surface area contributed by atoms with Crippen LogP contribution in [0.5, 0.6) is 0 Å². The average molecular weight is 306 g/mol. The minimum Gasteiger partial charge on any atom is -0.481 e. The maximum Gasteiger partial charge on any atom is 0.307 e. The molecule has 86 valence electrons.